The normalized spacial score (nSPS) is 10.6. The molecule has 0 amide bonds. The van der Waals surface area contributed by atoms with E-state index in [0.29, 0.717) is 13.2 Å². The van der Waals surface area contributed by atoms with Gasteiger partial charge in [-0.15, -0.1) is 0 Å². The summed E-state index contributed by atoms with van der Waals surface area (Å²) in [5, 5.41) is 4.25. The zero-order valence-corrected chi connectivity index (χ0v) is 11.4. The number of benzene rings is 1. The van der Waals surface area contributed by atoms with Crippen molar-refractivity contribution in [1.82, 2.24) is 9.78 Å². The molecule has 1 heterocycles. The minimum atomic E-state index is 0.563. The van der Waals surface area contributed by atoms with Gasteiger partial charge in [0.2, 0.25) is 0 Å². The predicted octanol–water partition coefficient (Wildman–Crippen LogP) is 2.37. The summed E-state index contributed by atoms with van der Waals surface area (Å²) in [6.45, 7) is 4.28. The summed E-state index contributed by atoms with van der Waals surface area (Å²) < 4.78 is 7.69. The zero-order valence-electron chi connectivity index (χ0n) is 11.4. The first kappa shape index (κ1) is 13.6. The molecule has 2 aromatic rings. The monoisotopic (exact) mass is 259 g/mol. The fraction of sp³-hybridized carbons (Fsp3) is 0.400. The third-order valence-electron chi connectivity index (χ3n) is 2.99. The molecule has 0 unspecified atom stereocenters. The van der Waals surface area contributed by atoms with Crippen molar-refractivity contribution < 1.29 is 4.74 Å². The van der Waals surface area contributed by atoms with Crippen LogP contribution in [0.5, 0.6) is 5.75 Å². The van der Waals surface area contributed by atoms with Gasteiger partial charge in [0.1, 0.15) is 6.61 Å². The first-order chi connectivity index (χ1) is 9.33. The molecule has 1 aromatic carbocycles. The molecule has 0 aliphatic heterocycles. The lowest BCUT2D eigenvalue weighted by atomic mass is 10.1. The zero-order chi connectivity index (χ0) is 13.5. The molecule has 0 bridgehead atoms. The van der Waals surface area contributed by atoms with Crippen LogP contribution in [0.3, 0.4) is 0 Å². The number of ether oxygens (including phenoxy) is 1. The van der Waals surface area contributed by atoms with E-state index in [9.17, 15) is 0 Å². The van der Waals surface area contributed by atoms with Gasteiger partial charge in [-0.1, -0.05) is 31.2 Å². The highest BCUT2D eigenvalue weighted by Gasteiger charge is 2.03. The van der Waals surface area contributed by atoms with Crippen LogP contribution in [-0.4, -0.2) is 16.3 Å². The van der Waals surface area contributed by atoms with Crippen LogP contribution >= 0.6 is 0 Å². The van der Waals surface area contributed by atoms with Gasteiger partial charge in [0.25, 0.3) is 0 Å². The van der Waals surface area contributed by atoms with E-state index in [1.54, 1.807) is 6.20 Å². The van der Waals surface area contributed by atoms with Crippen molar-refractivity contribution in [3.63, 3.8) is 0 Å². The molecule has 0 saturated heterocycles. The minimum Gasteiger partial charge on any atom is -0.486 e. The standard InChI is InChI=1S/C15H21N3O/c1-2-9-18-11-15(10-17-18)19-12-14-6-4-3-5-13(14)7-8-16/h3-6,10-11H,2,7-9,12,16H2,1H3. The lowest BCUT2D eigenvalue weighted by Gasteiger charge is -2.09. The predicted molar refractivity (Wildman–Crippen MR) is 76.1 cm³/mol. The van der Waals surface area contributed by atoms with Gasteiger partial charge in [-0.25, -0.2) is 0 Å². The second kappa shape index (κ2) is 6.95. The van der Waals surface area contributed by atoms with Crippen LogP contribution in [0.15, 0.2) is 36.7 Å². The van der Waals surface area contributed by atoms with E-state index in [1.165, 1.54) is 11.1 Å². The van der Waals surface area contributed by atoms with Crippen molar-refractivity contribution in [3.8, 4) is 5.75 Å². The molecule has 0 fully saturated rings. The summed E-state index contributed by atoms with van der Waals surface area (Å²) >= 11 is 0. The summed E-state index contributed by atoms with van der Waals surface area (Å²) in [5.74, 6) is 0.816. The molecule has 1 aromatic heterocycles. The van der Waals surface area contributed by atoms with Crippen molar-refractivity contribution in [2.75, 3.05) is 6.54 Å². The smallest absolute Gasteiger partial charge is 0.157 e. The number of nitrogens with zero attached hydrogens (tertiary/aromatic N) is 2. The number of nitrogens with two attached hydrogens (primary N) is 1. The van der Waals surface area contributed by atoms with Crippen molar-refractivity contribution >= 4 is 0 Å². The van der Waals surface area contributed by atoms with E-state index < -0.39 is 0 Å². The van der Waals surface area contributed by atoms with Crippen LogP contribution in [0.2, 0.25) is 0 Å². The first-order valence-electron chi connectivity index (χ1n) is 6.75. The van der Waals surface area contributed by atoms with Crippen LogP contribution in [-0.2, 0) is 19.6 Å². The second-order valence-corrected chi connectivity index (χ2v) is 4.54. The molecule has 2 N–H and O–H groups in total. The molecule has 4 heteroatoms. The molecule has 0 spiro atoms. The molecule has 0 aliphatic carbocycles. The molecule has 0 atom stereocenters. The number of hydrogen-bond donors (Lipinski definition) is 1. The molecule has 102 valence electrons. The highest BCUT2D eigenvalue weighted by molar-refractivity contribution is 5.27. The third-order valence-corrected chi connectivity index (χ3v) is 2.99. The number of hydrogen-bond acceptors (Lipinski definition) is 3. The summed E-state index contributed by atoms with van der Waals surface area (Å²) in [6.07, 6.45) is 5.66. The Morgan fingerprint density at radius 2 is 2.05 bits per heavy atom. The average Bonchev–Trinajstić information content (AvgIpc) is 2.86. The van der Waals surface area contributed by atoms with Gasteiger partial charge in [0.15, 0.2) is 5.75 Å². The van der Waals surface area contributed by atoms with Crippen LogP contribution in [0.25, 0.3) is 0 Å². The van der Waals surface area contributed by atoms with Crippen molar-refractivity contribution in [3.05, 3.63) is 47.8 Å². The number of aryl methyl sites for hydroxylation is 1. The Kier molecular flexibility index (Phi) is 4.98. The Bertz CT molecular complexity index is 508. The van der Waals surface area contributed by atoms with E-state index in [4.69, 9.17) is 10.5 Å². The van der Waals surface area contributed by atoms with Gasteiger partial charge in [-0.3, -0.25) is 4.68 Å². The average molecular weight is 259 g/mol. The molecule has 0 aliphatic rings. The molecule has 19 heavy (non-hydrogen) atoms. The quantitative estimate of drug-likeness (QED) is 0.830. The summed E-state index contributed by atoms with van der Waals surface area (Å²) in [6, 6.07) is 8.25. The minimum absolute atomic E-state index is 0.563. The lowest BCUT2D eigenvalue weighted by Crippen LogP contribution is -2.06. The Balaban J connectivity index is 1.97. The van der Waals surface area contributed by atoms with Crippen LogP contribution < -0.4 is 10.5 Å². The van der Waals surface area contributed by atoms with Gasteiger partial charge < -0.3 is 10.5 Å². The SMILES string of the molecule is CCCn1cc(OCc2ccccc2CCN)cn1. The fourth-order valence-corrected chi connectivity index (χ4v) is 2.03. The number of aromatic nitrogens is 2. The Hall–Kier alpha value is -1.81. The van der Waals surface area contributed by atoms with Crippen molar-refractivity contribution in [1.29, 1.82) is 0 Å². The fourth-order valence-electron chi connectivity index (χ4n) is 2.03. The van der Waals surface area contributed by atoms with Crippen molar-refractivity contribution in [2.45, 2.75) is 32.9 Å². The van der Waals surface area contributed by atoms with Gasteiger partial charge in [0.05, 0.1) is 12.4 Å². The maximum Gasteiger partial charge on any atom is 0.157 e. The van der Waals surface area contributed by atoms with Gasteiger partial charge >= 0.3 is 0 Å². The summed E-state index contributed by atoms with van der Waals surface area (Å²) in [7, 11) is 0. The summed E-state index contributed by atoms with van der Waals surface area (Å²) in [4.78, 5) is 0. The van der Waals surface area contributed by atoms with E-state index in [1.807, 2.05) is 23.0 Å². The van der Waals surface area contributed by atoms with Gasteiger partial charge in [0, 0.05) is 6.54 Å². The molecule has 0 radical (unpaired) electrons. The van der Waals surface area contributed by atoms with Crippen molar-refractivity contribution in [2.24, 2.45) is 5.73 Å². The second-order valence-electron chi connectivity index (χ2n) is 4.54. The Morgan fingerprint density at radius 1 is 1.26 bits per heavy atom. The molecule has 4 nitrogen and oxygen atoms in total. The molecular weight excluding hydrogens is 238 g/mol. The number of rotatable bonds is 7. The topological polar surface area (TPSA) is 53.1 Å². The van der Waals surface area contributed by atoms with E-state index in [-0.39, 0.29) is 0 Å². The van der Waals surface area contributed by atoms with E-state index in [0.717, 1.165) is 25.1 Å². The first-order valence-corrected chi connectivity index (χ1v) is 6.75. The molecule has 2 rings (SSSR count). The Morgan fingerprint density at radius 3 is 2.79 bits per heavy atom. The molecular formula is C15H21N3O. The van der Waals surface area contributed by atoms with E-state index >= 15 is 0 Å². The van der Waals surface area contributed by atoms with Crippen LogP contribution in [0, 0.1) is 0 Å². The highest BCUT2D eigenvalue weighted by Crippen LogP contribution is 2.15. The molecule has 0 saturated carbocycles. The lowest BCUT2D eigenvalue weighted by molar-refractivity contribution is 0.304. The highest BCUT2D eigenvalue weighted by atomic mass is 16.5. The van der Waals surface area contributed by atoms with Crippen LogP contribution in [0.4, 0.5) is 0 Å². The van der Waals surface area contributed by atoms with Gasteiger partial charge in [-0.2, -0.15) is 5.10 Å². The van der Waals surface area contributed by atoms with Gasteiger partial charge in [-0.05, 0) is 30.5 Å². The van der Waals surface area contributed by atoms with E-state index in [2.05, 4.69) is 24.2 Å². The maximum absolute atomic E-state index is 5.78. The largest absolute Gasteiger partial charge is 0.486 e. The maximum atomic E-state index is 5.78. The summed E-state index contributed by atoms with van der Waals surface area (Å²) in [5.41, 5.74) is 8.07. The van der Waals surface area contributed by atoms with Crippen LogP contribution in [0.1, 0.15) is 24.5 Å². The third kappa shape index (κ3) is 3.83. The Labute approximate surface area is 114 Å².